The summed E-state index contributed by atoms with van der Waals surface area (Å²) in [6.45, 7) is 2.32. The van der Waals surface area contributed by atoms with E-state index >= 15 is 0 Å². The number of nitrogens with one attached hydrogen (secondary N) is 1. The Balaban J connectivity index is 2.38. The Kier molecular flexibility index (Phi) is 4.41. The number of hydrogen-bond donors (Lipinski definition) is 2. The van der Waals surface area contributed by atoms with Crippen molar-refractivity contribution in [3.05, 3.63) is 42.0 Å². The second-order valence-corrected chi connectivity index (χ2v) is 3.17. The molecule has 0 saturated carbocycles. The Morgan fingerprint density at radius 2 is 2.20 bits per heavy atom. The number of carbonyl (C=O) groups is 1. The topological polar surface area (TPSA) is 49.3 Å². The summed E-state index contributed by atoms with van der Waals surface area (Å²) in [7, 11) is 0. The van der Waals surface area contributed by atoms with Gasteiger partial charge in [0.15, 0.2) is 0 Å². The van der Waals surface area contributed by atoms with E-state index in [0.29, 0.717) is 13.0 Å². The summed E-state index contributed by atoms with van der Waals surface area (Å²) in [6, 6.07) is 7.13. The number of carbonyl (C=O) groups excluding carboxylic acids is 1. The van der Waals surface area contributed by atoms with Crippen LogP contribution < -0.4 is 5.32 Å². The summed E-state index contributed by atoms with van der Waals surface area (Å²) in [4.78, 5) is 11.1. The maximum Gasteiger partial charge on any atom is 0.243 e. The van der Waals surface area contributed by atoms with Crippen LogP contribution in [0.25, 0.3) is 0 Å². The molecule has 0 heterocycles. The lowest BCUT2D eigenvalue weighted by Gasteiger charge is -2.04. The number of aromatic hydroxyl groups is 1. The molecule has 0 atom stereocenters. The zero-order valence-corrected chi connectivity index (χ0v) is 8.73. The van der Waals surface area contributed by atoms with Gasteiger partial charge in [-0.2, -0.15) is 0 Å². The first-order valence-corrected chi connectivity index (χ1v) is 4.91. The monoisotopic (exact) mass is 205 g/mol. The molecule has 0 saturated heterocycles. The minimum Gasteiger partial charge on any atom is -0.508 e. The van der Waals surface area contributed by atoms with Crippen LogP contribution in [0.3, 0.4) is 0 Å². The SMILES string of the molecule is C/C=C/C(=O)NCCc1ccccc1O. The molecule has 3 heteroatoms. The van der Waals surface area contributed by atoms with E-state index in [4.69, 9.17) is 0 Å². The number of para-hydroxylation sites is 1. The first-order valence-electron chi connectivity index (χ1n) is 4.91. The fourth-order valence-electron chi connectivity index (χ4n) is 1.25. The average molecular weight is 205 g/mol. The van der Waals surface area contributed by atoms with Gasteiger partial charge >= 0.3 is 0 Å². The maximum atomic E-state index is 11.1. The Labute approximate surface area is 89.4 Å². The van der Waals surface area contributed by atoms with E-state index in [0.717, 1.165) is 5.56 Å². The average Bonchev–Trinajstić information content (AvgIpc) is 2.21. The van der Waals surface area contributed by atoms with Gasteiger partial charge in [-0.25, -0.2) is 0 Å². The third-order valence-electron chi connectivity index (χ3n) is 2.00. The van der Waals surface area contributed by atoms with Crippen LogP contribution in [0.5, 0.6) is 5.75 Å². The lowest BCUT2D eigenvalue weighted by Crippen LogP contribution is -2.23. The molecule has 1 aromatic rings. The standard InChI is InChI=1S/C12H15NO2/c1-2-5-12(15)13-9-8-10-6-3-4-7-11(10)14/h2-7,14H,8-9H2,1H3,(H,13,15)/b5-2+. The molecule has 0 radical (unpaired) electrons. The number of phenolic OH excluding ortho intramolecular Hbond substituents is 1. The van der Waals surface area contributed by atoms with Crippen molar-refractivity contribution in [2.24, 2.45) is 0 Å². The molecule has 0 aliphatic carbocycles. The molecule has 0 aliphatic heterocycles. The van der Waals surface area contributed by atoms with E-state index in [1.165, 1.54) is 6.08 Å². The second-order valence-electron chi connectivity index (χ2n) is 3.17. The van der Waals surface area contributed by atoms with Gasteiger partial charge in [0.25, 0.3) is 0 Å². The van der Waals surface area contributed by atoms with E-state index in [9.17, 15) is 9.90 Å². The number of amides is 1. The number of benzene rings is 1. The van der Waals surface area contributed by atoms with Crippen LogP contribution in [-0.2, 0) is 11.2 Å². The van der Waals surface area contributed by atoms with Gasteiger partial charge in [-0.1, -0.05) is 24.3 Å². The molecule has 0 aromatic heterocycles. The highest BCUT2D eigenvalue weighted by molar-refractivity contribution is 5.87. The highest BCUT2D eigenvalue weighted by Crippen LogP contribution is 2.15. The maximum absolute atomic E-state index is 11.1. The Bertz CT molecular complexity index is 358. The van der Waals surface area contributed by atoms with Crippen LogP contribution in [0.1, 0.15) is 12.5 Å². The third-order valence-corrected chi connectivity index (χ3v) is 2.00. The van der Waals surface area contributed by atoms with Crippen LogP contribution in [0, 0.1) is 0 Å². The van der Waals surface area contributed by atoms with Gasteiger partial charge in [0.2, 0.25) is 5.91 Å². The Hall–Kier alpha value is -1.77. The van der Waals surface area contributed by atoms with Crippen LogP contribution in [0.4, 0.5) is 0 Å². The van der Waals surface area contributed by atoms with Gasteiger partial charge in [-0.3, -0.25) is 4.79 Å². The van der Waals surface area contributed by atoms with Crippen molar-refractivity contribution >= 4 is 5.91 Å². The minimum atomic E-state index is -0.104. The lowest BCUT2D eigenvalue weighted by atomic mass is 10.1. The minimum absolute atomic E-state index is 0.104. The number of phenols is 1. The van der Waals surface area contributed by atoms with Gasteiger partial charge < -0.3 is 10.4 Å². The van der Waals surface area contributed by atoms with Gasteiger partial charge in [0.05, 0.1) is 0 Å². The molecule has 80 valence electrons. The summed E-state index contributed by atoms with van der Waals surface area (Å²) in [6.07, 6.45) is 3.80. The van der Waals surface area contributed by atoms with Crippen LogP contribution in [0.15, 0.2) is 36.4 Å². The van der Waals surface area contributed by atoms with Crippen molar-refractivity contribution in [1.82, 2.24) is 5.32 Å². The molecule has 1 aromatic carbocycles. The quantitative estimate of drug-likeness (QED) is 0.734. The van der Waals surface area contributed by atoms with Gasteiger partial charge in [-0.15, -0.1) is 0 Å². The second kappa shape index (κ2) is 5.86. The van der Waals surface area contributed by atoms with E-state index < -0.39 is 0 Å². The zero-order chi connectivity index (χ0) is 11.1. The van der Waals surface area contributed by atoms with Gasteiger partial charge in [0, 0.05) is 6.54 Å². The number of rotatable bonds is 4. The summed E-state index contributed by atoms with van der Waals surface area (Å²) in [5, 5.41) is 12.2. The van der Waals surface area contributed by atoms with E-state index in [1.54, 1.807) is 25.1 Å². The lowest BCUT2D eigenvalue weighted by molar-refractivity contribution is -0.116. The predicted octanol–water partition coefficient (Wildman–Crippen LogP) is 1.63. The molecule has 1 rings (SSSR count). The zero-order valence-electron chi connectivity index (χ0n) is 8.73. The van der Waals surface area contributed by atoms with E-state index in [-0.39, 0.29) is 11.7 Å². The van der Waals surface area contributed by atoms with Gasteiger partial charge in [0.1, 0.15) is 5.75 Å². The normalized spacial score (nSPS) is 10.5. The number of allylic oxidation sites excluding steroid dienone is 1. The largest absolute Gasteiger partial charge is 0.508 e. The third kappa shape index (κ3) is 3.85. The van der Waals surface area contributed by atoms with Crippen molar-refractivity contribution in [2.45, 2.75) is 13.3 Å². The molecular formula is C12H15NO2. The molecule has 0 unspecified atom stereocenters. The molecule has 15 heavy (non-hydrogen) atoms. The van der Waals surface area contributed by atoms with E-state index in [1.807, 2.05) is 12.1 Å². The molecule has 0 aliphatic rings. The molecular weight excluding hydrogens is 190 g/mol. The van der Waals surface area contributed by atoms with Crippen LogP contribution in [0.2, 0.25) is 0 Å². The summed E-state index contributed by atoms with van der Waals surface area (Å²) in [5.41, 5.74) is 0.846. The molecule has 3 nitrogen and oxygen atoms in total. The van der Waals surface area contributed by atoms with Crippen molar-refractivity contribution in [2.75, 3.05) is 6.54 Å². The molecule has 1 amide bonds. The van der Waals surface area contributed by atoms with Gasteiger partial charge in [-0.05, 0) is 31.1 Å². The highest BCUT2D eigenvalue weighted by atomic mass is 16.3. The molecule has 0 bridgehead atoms. The highest BCUT2D eigenvalue weighted by Gasteiger charge is 1.99. The number of hydrogen-bond acceptors (Lipinski definition) is 2. The van der Waals surface area contributed by atoms with Crippen LogP contribution >= 0.6 is 0 Å². The molecule has 0 fully saturated rings. The summed E-state index contributed by atoms with van der Waals surface area (Å²) < 4.78 is 0. The van der Waals surface area contributed by atoms with Crippen molar-refractivity contribution < 1.29 is 9.90 Å². The van der Waals surface area contributed by atoms with Crippen molar-refractivity contribution in [1.29, 1.82) is 0 Å². The predicted molar refractivity (Wildman–Crippen MR) is 59.6 cm³/mol. The summed E-state index contributed by atoms with van der Waals surface area (Å²) in [5.74, 6) is 0.172. The van der Waals surface area contributed by atoms with E-state index in [2.05, 4.69) is 5.32 Å². The fourth-order valence-corrected chi connectivity index (χ4v) is 1.25. The Morgan fingerprint density at radius 3 is 2.87 bits per heavy atom. The molecule has 2 N–H and O–H groups in total. The van der Waals surface area contributed by atoms with Crippen molar-refractivity contribution in [3.8, 4) is 5.75 Å². The fraction of sp³-hybridized carbons (Fsp3) is 0.250. The van der Waals surface area contributed by atoms with Crippen molar-refractivity contribution in [3.63, 3.8) is 0 Å². The Morgan fingerprint density at radius 1 is 1.47 bits per heavy atom. The summed E-state index contributed by atoms with van der Waals surface area (Å²) >= 11 is 0. The van der Waals surface area contributed by atoms with Crippen LogP contribution in [-0.4, -0.2) is 17.6 Å². The first kappa shape index (κ1) is 11.3. The first-order chi connectivity index (χ1) is 7.24. The molecule has 0 spiro atoms. The smallest absolute Gasteiger partial charge is 0.243 e.